The monoisotopic (exact) mass is 272 g/mol. The van der Waals surface area contributed by atoms with Gasteiger partial charge in [0.15, 0.2) is 0 Å². The Labute approximate surface area is 121 Å². The summed E-state index contributed by atoms with van der Waals surface area (Å²) in [4.78, 5) is 4.39. The molecule has 1 heterocycles. The van der Waals surface area contributed by atoms with Crippen molar-refractivity contribution in [2.45, 2.75) is 45.7 Å². The number of benzene rings is 1. The number of rotatable bonds is 7. The van der Waals surface area contributed by atoms with Crippen molar-refractivity contribution in [1.29, 1.82) is 0 Å². The molecule has 1 N–H and O–H groups in total. The molecular weight excluding hydrogens is 248 g/mol. The highest BCUT2D eigenvalue weighted by molar-refractivity contribution is 5.25. The van der Waals surface area contributed by atoms with Gasteiger partial charge in [-0.15, -0.1) is 0 Å². The van der Waals surface area contributed by atoms with Crippen molar-refractivity contribution in [3.63, 3.8) is 0 Å². The Kier molecular flexibility index (Phi) is 5.30. The molecular formula is C16H24N4. The number of nitrogens with zero attached hydrogens (tertiary/aromatic N) is 3. The molecule has 1 unspecified atom stereocenters. The van der Waals surface area contributed by atoms with Crippen LogP contribution < -0.4 is 5.32 Å². The highest BCUT2D eigenvalue weighted by Crippen LogP contribution is 2.18. The summed E-state index contributed by atoms with van der Waals surface area (Å²) >= 11 is 0. The van der Waals surface area contributed by atoms with E-state index < -0.39 is 0 Å². The van der Waals surface area contributed by atoms with Crippen molar-refractivity contribution in [3.05, 3.63) is 47.5 Å². The SMILES string of the molecule is CCCn1ncnc1CC(NC)c1ccc(CC)cc1. The molecule has 0 amide bonds. The Morgan fingerprint density at radius 2 is 1.95 bits per heavy atom. The molecule has 1 atom stereocenters. The lowest BCUT2D eigenvalue weighted by molar-refractivity contribution is 0.517. The van der Waals surface area contributed by atoms with E-state index in [1.165, 1.54) is 11.1 Å². The Bertz CT molecular complexity index is 516. The van der Waals surface area contributed by atoms with Gasteiger partial charge in [0.1, 0.15) is 12.2 Å². The third kappa shape index (κ3) is 3.45. The molecule has 0 spiro atoms. The molecule has 2 rings (SSSR count). The first-order valence-electron chi connectivity index (χ1n) is 7.41. The predicted octanol–water partition coefficient (Wildman–Crippen LogP) is 2.75. The van der Waals surface area contributed by atoms with E-state index in [-0.39, 0.29) is 6.04 Å². The second-order valence-electron chi connectivity index (χ2n) is 5.04. The van der Waals surface area contributed by atoms with Crippen molar-refractivity contribution in [2.24, 2.45) is 0 Å². The fourth-order valence-corrected chi connectivity index (χ4v) is 2.40. The first-order valence-corrected chi connectivity index (χ1v) is 7.41. The second-order valence-corrected chi connectivity index (χ2v) is 5.04. The van der Waals surface area contributed by atoms with E-state index in [0.29, 0.717) is 0 Å². The molecule has 2 aromatic rings. The van der Waals surface area contributed by atoms with Gasteiger partial charge in [-0.25, -0.2) is 4.98 Å². The van der Waals surface area contributed by atoms with Gasteiger partial charge >= 0.3 is 0 Å². The van der Waals surface area contributed by atoms with Crippen LogP contribution in [0.3, 0.4) is 0 Å². The van der Waals surface area contributed by atoms with Gasteiger partial charge < -0.3 is 5.32 Å². The highest BCUT2D eigenvalue weighted by Gasteiger charge is 2.14. The topological polar surface area (TPSA) is 42.7 Å². The van der Waals surface area contributed by atoms with Gasteiger partial charge in [-0.1, -0.05) is 38.1 Å². The standard InChI is InChI=1S/C16H24N4/c1-4-10-20-16(18-12-19-20)11-15(17-3)14-8-6-13(5-2)7-9-14/h6-9,12,15,17H,4-5,10-11H2,1-3H3. The molecule has 108 valence electrons. The maximum Gasteiger partial charge on any atom is 0.138 e. The molecule has 1 aromatic carbocycles. The summed E-state index contributed by atoms with van der Waals surface area (Å²) in [5, 5.41) is 7.67. The molecule has 0 saturated heterocycles. The van der Waals surface area contributed by atoms with E-state index >= 15 is 0 Å². The van der Waals surface area contributed by atoms with Gasteiger partial charge in [-0.2, -0.15) is 5.10 Å². The molecule has 0 saturated carbocycles. The van der Waals surface area contributed by atoms with Crippen molar-refractivity contribution >= 4 is 0 Å². The molecule has 0 aliphatic heterocycles. The van der Waals surface area contributed by atoms with Gasteiger partial charge in [0.05, 0.1) is 0 Å². The van der Waals surface area contributed by atoms with Gasteiger partial charge in [-0.05, 0) is 31.0 Å². The van der Waals surface area contributed by atoms with E-state index in [1.807, 2.05) is 11.7 Å². The smallest absolute Gasteiger partial charge is 0.138 e. The number of hydrogen-bond acceptors (Lipinski definition) is 3. The highest BCUT2D eigenvalue weighted by atomic mass is 15.3. The minimum atomic E-state index is 0.278. The second kappa shape index (κ2) is 7.20. The Morgan fingerprint density at radius 3 is 2.55 bits per heavy atom. The Hall–Kier alpha value is -1.68. The minimum Gasteiger partial charge on any atom is -0.313 e. The van der Waals surface area contributed by atoms with E-state index in [4.69, 9.17) is 0 Å². The van der Waals surface area contributed by atoms with Crippen LogP contribution in [0.4, 0.5) is 0 Å². The molecule has 0 aliphatic carbocycles. The van der Waals surface area contributed by atoms with Crippen molar-refractivity contribution in [2.75, 3.05) is 7.05 Å². The summed E-state index contributed by atoms with van der Waals surface area (Å²) in [6.07, 6.45) is 4.67. The average Bonchev–Trinajstić information content (AvgIpc) is 2.92. The minimum absolute atomic E-state index is 0.278. The molecule has 4 nitrogen and oxygen atoms in total. The summed E-state index contributed by atoms with van der Waals surface area (Å²) in [7, 11) is 2.00. The molecule has 0 bridgehead atoms. The zero-order valence-corrected chi connectivity index (χ0v) is 12.6. The van der Waals surface area contributed by atoms with Gasteiger partial charge in [0, 0.05) is 19.0 Å². The van der Waals surface area contributed by atoms with Gasteiger partial charge in [0.2, 0.25) is 0 Å². The van der Waals surface area contributed by atoms with Gasteiger partial charge in [-0.3, -0.25) is 4.68 Å². The quantitative estimate of drug-likeness (QED) is 0.843. The van der Waals surface area contributed by atoms with Crippen LogP contribution in [0.25, 0.3) is 0 Å². The maximum absolute atomic E-state index is 4.39. The fraction of sp³-hybridized carbons (Fsp3) is 0.500. The summed E-state index contributed by atoms with van der Waals surface area (Å²) in [6.45, 7) is 5.27. The fourth-order valence-electron chi connectivity index (χ4n) is 2.40. The Balaban J connectivity index is 2.13. The number of aryl methyl sites for hydroxylation is 2. The number of nitrogens with one attached hydrogen (secondary N) is 1. The van der Waals surface area contributed by atoms with Crippen LogP contribution in [0.1, 0.15) is 43.3 Å². The van der Waals surface area contributed by atoms with E-state index in [9.17, 15) is 0 Å². The largest absolute Gasteiger partial charge is 0.313 e. The van der Waals surface area contributed by atoms with E-state index in [0.717, 1.165) is 31.6 Å². The lowest BCUT2D eigenvalue weighted by Crippen LogP contribution is -2.21. The van der Waals surface area contributed by atoms with Gasteiger partial charge in [0.25, 0.3) is 0 Å². The predicted molar refractivity (Wildman–Crippen MR) is 81.6 cm³/mol. The number of likely N-dealkylation sites (N-methyl/N-ethyl adjacent to an activating group) is 1. The third-order valence-corrected chi connectivity index (χ3v) is 3.66. The summed E-state index contributed by atoms with van der Waals surface area (Å²) in [6, 6.07) is 9.11. The van der Waals surface area contributed by atoms with Crippen molar-refractivity contribution < 1.29 is 0 Å². The normalized spacial score (nSPS) is 12.6. The third-order valence-electron chi connectivity index (χ3n) is 3.66. The molecule has 1 aromatic heterocycles. The zero-order valence-electron chi connectivity index (χ0n) is 12.6. The number of hydrogen-bond donors (Lipinski definition) is 1. The zero-order chi connectivity index (χ0) is 14.4. The van der Waals surface area contributed by atoms with E-state index in [1.54, 1.807) is 6.33 Å². The van der Waals surface area contributed by atoms with Crippen LogP contribution in [0.15, 0.2) is 30.6 Å². The van der Waals surface area contributed by atoms with Crippen LogP contribution in [0, 0.1) is 0 Å². The lowest BCUT2D eigenvalue weighted by Gasteiger charge is -2.17. The first-order chi connectivity index (χ1) is 9.78. The average molecular weight is 272 g/mol. The molecule has 0 fully saturated rings. The molecule has 4 heteroatoms. The van der Waals surface area contributed by atoms with Crippen LogP contribution in [0.5, 0.6) is 0 Å². The summed E-state index contributed by atoms with van der Waals surface area (Å²) < 4.78 is 2.00. The Morgan fingerprint density at radius 1 is 1.20 bits per heavy atom. The van der Waals surface area contributed by atoms with Crippen LogP contribution in [-0.2, 0) is 19.4 Å². The van der Waals surface area contributed by atoms with Crippen molar-refractivity contribution in [3.8, 4) is 0 Å². The van der Waals surface area contributed by atoms with Crippen LogP contribution in [-0.4, -0.2) is 21.8 Å². The van der Waals surface area contributed by atoms with E-state index in [2.05, 4.69) is 53.5 Å². The molecule has 0 aliphatic rings. The first kappa shape index (κ1) is 14.7. The van der Waals surface area contributed by atoms with Crippen LogP contribution in [0.2, 0.25) is 0 Å². The maximum atomic E-state index is 4.39. The van der Waals surface area contributed by atoms with Crippen molar-refractivity contribution in [1.82, 2.24) is 20.1 Å². The van der Waals surface area contributed by atoms with Crippen LogP contribution >= 0.6 is 0 Å². The summed E-state index contributed by atoms with van der Waals surface area (Å²) in [5.74, 6) is 1.05. The molecule has 0 radical (unpaired) electrons. The molecule has 20 heavy (non-hydrogen) atoms. The lowest BCUT2D eigenvalue weighted by atomic mass is 10.0. The summed E-state index contributed by atoms with van der Waals surface area (Å²) in [5.41, 5.74) is 2.67. The number of aromatic nitrogens is 3.